The third kappa shape index (κ3) is 6.38. The minimum absolute atomic E-state index is 0.397. The standard InChI is InChI=1S/C32H39ClN6O4Si/c1-21-36-25-8-7-24(13-28(25)39(21)20-42-11-12-44(4,5)6)43-29-10-9-26-31(30(29)33)37-27(17-34-26)23-16-35-38(19-23)18-22-14-32(15-22,40-2)41-3/h7-10,13,16-17,19,22H,11-12,14-15,18,20H2,1-6H3. The monoisotopic (exact) mass is 634 g/mol. The lowest BCUT2D eigenvalue weighted by atomic mass is 9.78. The quantitative estimate of drug-likeness (QED) is 0.0800. The van der Waals surface area contributed by atoms with E-state index in [4.69, 9.17) is 40.5 Å². The Kier molecular flexibility index (Phi) is 8.51. The first-order valence-corrected chi connectivity index (χ1v) is 19.0. The van der Waals surface area contributed by atoms with Gasteiger partial charge in [-0.3, -0.25) is 9.67 Å². The Balaban J connectivity index is 1.19. The summed E-state index contributed by atoms with van der Waals surface area (Å²) in [6.45, 7) is 11.0. The number of rotatable bonds is 12. The fraction of sp³-hybridized carbons (Fsp3) is 0.438. The highest BCUT2D eigenvalue weighted by atomic mass is 35.5. The first kappa shape index (κ1) is 30.7. The third-order valence-electron chi connectivity index (χ3n) is 8.29. The van der Waals surface area contributed by atoms with Crippen molar-refractivity contribution < 1.29 is 18.9 Å². The normalized spacial score (nSPS) is 15.2. The van der Waals surface area contributed by atoms with E-state index >= 15 is 0 Å². The van der Waals surface area contributed by atoms with Crippen molar-refractivity contribution in [3.63, 3.8) is 0 Å². The van der Waals surface area contributed by atoms with E-state index < -0.39 is 13.9 Å². The Hall–Kier alpha value is -3.35. The zero-order chi connectivity index (χ0) is 31.1. The number of aryl methyl sites for hydroxylation is 1. The van der Waals surface area contributed by atoms with Gasteiger partial charge in [0, 0.05) is 66.1 Å². The second kappa shape index (κ2) is 12.2. The molecular formula is C32H39ClN6O4Si. The van der Waals surface area contributed by atoms with E-state index in [9.17, 15) is 0 Å². The van der Waals surface area contributed by atoms with Crippen LogP contribution in [0.15, 0.2) is 48.9 Å². The summed E-state index contributed by atoms with van der Waals surface area (Å²) in [5, 5.41) is 4.95. The van der Waals surface area contributed by atoms with Crippen LogP contribution in [0, 0.1) is 12.8 Å². The predicted molar refractivity (Wildman–Crippen MR) is 174 cm³/mol. The molecule has 0 amide bonds. The molecule has 0 bridgehead atoms. The summed E-state index contributed by atoms with van der Waals surface area (Å²) in [6.07, 6.45) is 7.21. The van der Waals surface area contributed by atoms with Crippen LogP contribution < -0.4 is 4.74 Å². The minimum Gasteiger partial charge on any atom is -0.456 e. The Morgan fingerprint density at radius 3 is 2.55 bits per heavy atom. The highest BCUT2D eigenvalue weighted by Crippen LogP contribution is 2.42. The molecule has 0 N–H and O–H groups in total. The number of nitrogens with zero attached hydrogens (tertiary/aromatic N) is 6. The lowest BCUT2D eigenvalue weighted by Crippen LogP contribution is -2.48. The van der Waals surface area contributed by atoms with Crippen LogP contribution in [-0.4, -0.2) is 64.0 Å². The second-order valence-electron chi connectivity index (χ2n) is 12.7. The number of hydrogen-bond donors (Lipinski definition) is 0. The molecule has 3 heterocycles. The summed E-state index contributed by atoms with van der Waals surface area (Å²) in [5.41, 5.74) is 4.64. The number of imidazole rings is 1. The smallest absolute Gasteiger partial charge is 0.168 e. The van der Waals surface area contributed by atoms with Gasteiger partial charge in [0.2, 0.25) is 0 Å². The highest BCUT2D eigenvalue weighted by Gasteiger charge is 2.45. The van der Waals surface area contributed by atoms with E-state index in [1.807, 2.05) is 48.1 Å². The van der Waals surface area contributed by atoms with Crippen molar-refractivity contribution in [3.05, 3.63) is 59.8 Å². The summed E-state index contributed by atoms with van der Waals surface area (Å²) < 4.78 is 27.4. The Labute approximate surface area is 263 Å². The van der Waals surface area contributed by atoms with Crippen molar-refractivity contribution in [1.29, 1.82) is 0 Å². The van der Waals surface area contributed by atoms with E-state index in [-0.39, 0.29) is 0 Å². The van der Waals surface area contributed by atoms with Crippen molar-refractivity contribution in [3.8, 4) is 22.8 Å². The van der Waals surface area contributed by atoms with Crippen molar-refractivity contribution in [2.75, 3.05) is 20.8 Å². The van der Waals surface area contributed by atoms with Crippen LogP contribution in [0.25, 0.3) is 33.3 Å². The van der Waals surface area contributed by atoms with Gasteiger partial charge in [0.1, 0.15) is 34.6 Å². The number of ether oxygens (including phenoxy) is 4. The molecule has 232 valence electrons. The summed E-state index contributed by atoms with van der Waals surface area (Å²) >= 11 is 6.87. The van der Waals surface area contributed by atoms with Gasteiger partial charge in [0.15, 0.2) is 5.79 Å². The average Bonchev–Trinajstić information content (AvgIpc) is 3.57. The molecule has 1 aliphatic rings. The van der Waals surface area contributed by atoms with Crippen LogP contribution in [0.2, 0.25) is 30.7 Å². The van der Waals surface area contributed by atoms with Gasteiger partial charge in [-0.15, -0.1) is 0 Å². The maximum atomic E-state index is 6.87. The lowest BCUT2D eigenvalue weighted by molar-refractivity contribution is -0.271. The van der Waals surface area contributed by atoms with E-state index in [0.717, 1.165) is 54.5 Å². The number of methoxy groups -OCH3 is 2. The first-order valence-electron chi connectivity index (χ1n) is 14.9. The molecule has 0 atom stereocenters. The molecule has 1 aliphatic carbocycles. The van der Waals surface area contributed by atoms with Crippen LogP contribution in [0.3, 0.4) is 0 Å². The van der Waals surface area contributed by atoms with E-state index in [0.29, 0.717) is 45.9 Å². The molecule has 12 heteroatoms. The zero-order valence-electron chi connectivity index (χ0n) is 26.1. The van der Waals surface area contributed by atoms with E-state index in [1.165, 1.54) is 0 Å². The van der Waals surface area contributed by atoms with Crippen molar-refractivity contribution >= 4 is 41.7 Å². The van der Waals surface area contributed by atoms with Crippen LogP contribution in [-0.2, 0) is 27.5 Å². The number of halogens is 1. The summed E-state index contributed by atoms with van der Waals surface area (Å²) in [5.74, 6) is 2.01. The Morgan fingerprint density at radius 1 is 1.02 bits per heavy atom. The van der Waals surface area contributed by atoms with Gasteiger partial charge in [-0.2, -0.15) is 5.10 Å². The maximum absolute atomic E-state index is 6.87. The van der Waals surface area contributed by atoms with Crippen LogP contribution in [0.5, 0.6) is 11.5 Å². The molecule has 6 rings (SSSR count). The van der Waals surface area contributed by atoms with Crippen molar-refractivity contribution in [2.45, 2.75) is 64.5 Å². The lowest BCUT2D eigenvalue weighted by Gasteiger charge is -2.45. The van der Waals surface area contributed by atoms with Gasteiger partial charge in [-0.25, -0.2) is 9.97 Å². The molecule has 1 fully saturated rings. The Morgan fingerprint density at radius 2 is 1.80 bits per heavy atom. The zero-order valence-corrected chi connectivity index (χ0v) is 27.9. The largest absolute Gasteiger partial charge is 0.456 e. The molecule has 3 aromatic heterocycles. The number of benzene rings is 2. The molecule has 2 aromatic carbocycles. The van der Waals surface area contributed by atoms with Crippen molar-refractivity contribution in [2.24, 2.45) is 5.92 Å². The predicted octanol–water partition coefficient (Wildman–Crippen LogP) is 7.31. The molecule has 5 aromatic rings. The van der Waals surface area contributed by atoms with Gasteiger partial charge in [0.25, 0.3) is 0 Å². The molecule has 0 saturated heterocycles. The summed E-state index contributed by atoms with van der Waals surface area (Å²) in [4.78, 5) is 14.2. The molecular weight excluding hydrogens is 596 g/mol. The van der Waals surface area contributed by atoms with Gasteiger partial charge >= 0.3 is 0 Å². The van der Waals surface area contributed by atoms with E-state index in [2.05, 4.69) is 34.3 Å². The van der Waals surface area contributed by atoms with Gasteiger partial charge in [-0.1, -0.05) is 31.2 Å². The van der Waals surface area contributed by atoms with E-state index in [1.54, 1.807) is 26.6 Å². The highest BCUT2D eigenvalue weighted by molar-refractivity contribution is 6.76. The molecule has 1 saturated carbocycles. The first-order chi connectivity index (χ1) is 21.1. The Bertz CT molecular complexity index is 1790. The SMILES string of the molecule is COC1(OC)CC(Cn2cc(-c3cnc4ccc(Oc5ccc6nc(C)n(COCC[Si](C)(C)C)c6c5)c(Cl)c4n3)cn2)C1. The fourth-order valence-electron chi connectivity index (χ4n) is 5.58. The van der Waals surface area contributed by atoms with Crippen molar-refractivity contribution in [1.82, 2.24) is 29.3 Å². The summed E-state index contributed by atoms with van der Waals surface area (Å²) in [6, 6.07) is 10.6. The number of fused-ring (bicyclic) bond motifs is 2. The van der Waals surface area contributed by atoms with Crippen LogP contribution in [0.4, 0.5) is 0 Å². The van der Waals surface area contributed by atoms with Gasteiger partial charge in [-0.05, 0) is 43.2 Å². The number of aromatic nitrogens is 6. The molecule has 0 unspecified atom stereocenters. The fourth-order valence-corrected chi connectivity index (χ4v) is 6.58. The molecule has 0 aliphatic heterocycles. The average molecular weight is 635 g/mol. The maximum Gasteiger partial charge on any atom is 0.168 e. The topological polar surface area (TPSA) is 98.3 Å². The molecule has 10 nitrogen and oxygen atoms in total. The second-order valence-corrected chi connectivity index (χ2v) is 18.7. The third-order valence-corrected chi connectivity index (χ3v) is 10.4. The summed E-state index contributed by atoms with van der Waals surface area (Å²) in [7, 11) is 2.21. The minimum atomic E-state index is -1.16. The molecule has 44 heavy (non-hydrogen) atoms. The molecule has 0 radical (unpaired) electrons. The van der Waals surface area contributed by atoms with Crippen LogP contribution in [0.1, 0.15) is 18.7 Å². The molecule has 0 spiro atoms. The van der Waals surface area contributed by atoms with Crippen LogP contribution >= 0.6 is 11.6 Å². The number of hydrogen-bond acceptors (Lipinski definition) is 8. The van der Waals surface area contributed by atoms with Gasteiger partial charge in [0.05, 0.1) is 34.6 Å². The van der Waals surface area contributed by atoms with Gasteiger partial charge < -0.3 is 23.5 Å².